The van der Waals surface area contributed by atoms with Crippen molar-refractivity contribution in [1.82, 2.24) is 0 Å². The lowest BCUT2D eigenvalue weighted by atomic mass is 9.91. The summed E-state index contributed by atoms with van der Waals surface area (Å²) in [4.78, 5) is 0. The normalized spacial score (nSPS) is 12.8. The smallest absolute Gasteiger partial charge is 0.0295 e. The van der Waals surface area contributed by atoms with Crippen LogP contribution in [0.5, 0.6) is 0 Å². The van der Waals surface area contributed by atoms with E-state index < -0.39 is 0 Å². The second kappa shape index (κ2) is 5.16. The first-order chi connectivity index (χ1) is 10.4. The van der Waals surface area contributed by atoms with Crippen LogP contribution in [0, 0.1) is 0 Å². The fraction of sp³-hybridized carbons (Fsp3) is 0.100. The molecule has 1 aliphatic carbocycles. The Kier molecular flexibility index (Phi) is 3.16. The van der Waals surface area contributed by atoms with Crippen LogP contribution in [0.2, 0.25) is 0 Å². The topological polar surface area (TPSA) is 0 Å². The maximum Gasteiger partial charge on any atom is 0.0295 e. The monoisotopic (exact) mass is 334 g/mol. The first kappa shape index (κ1) is 12.8. The molecule has 0 aliphatic heterocycles. The van der Waals surface area contributed by atoms with Crippen LogP contribution in [0.3, 0.4) is 0 Å². The number of allylic oxidation sites excluding steroid dienone is 1. The molecule has 0 N–H and O–H groups in total. The van der Waals surface area contributed by atoms with Gasteiger partial charge in [0.05, 0.1) is 0 Å². The number of hydrogen-bond donors (Lipinski definition) is 0. The van der Waals surface area contributed by atoms with Crippen molar-refractivity contribution in [3.8, 4) is 11.1 Å². The summed E-state index contributed by atoms with van der Waals surface area (Å²) in [5.74, 6) is 0. The first-order valence-electron chi connectivity index (χ1n) is 7.24. The molecule has 0 atom stereocenters. The van der Waals surface area contributed by atoms with Crippen molar-refractivity contribution < 1.29 is 0 Å². The molecule has 0 unspecified atom stereocenters. The summed E-state index contributed by atoms with van der Waals surface area (Å²) in [7, 11) is 0. The summed E-state index contributed by atoms with van der Waals surface area (Å²) in [5.41, 5.74) is 6.91. The average molecular weight is 335 g/mol. The highest BCUT2D eigenvalue weighted by Crippen LogP contribution is 2.36. The van der Waals surface area contributed by atoms with Gasteiger partial charge in [-0.15, -0.1) is 0 Å². The number of benzene rings is 3. The lowest BCUT2D eigenvalue weighted by molar-refractivity contribution is 1.28. The Morgan fingerprint density at radius 1 is 0.857 bits per heavy atom. The van der Waals surface area contributed by atoms with Crippen molar-refractivity contribution in [2.75, 3.05) is 0 Å². The highest BCUT2D eigenvalue weighted by molar-refractivity contribution is 9.08. The summed E-state index contributed by atoms with van der Waals surface area (Å²) in [6.45, 7) is 0. The van der Waals surface area contributed by atoms with Crippen LogP contribution in [-0.2, 0) is 11.8 Å². The van der Waals surface area contributed by atoms with Crippen molar-refractivity contribution in [2.24, 2.45) is 0 Å². The molecular formula is C20H15Br. The van der Waals surface area contributed by atoms with Gasteiger partial charge >= 0.3 is 0 Å². The van der Waals surface area contributed by atoms with Crippen molar-refractivity contribution in [3.05, 3.63) is 77.4 Å². The molecule has 1 heteroatoms. The van der Waals surface area contributed by atoms with E-state index in [2.05, 4.69) is 82.7 Å². The van der Waals surface area contributed by atoms with Gasteiger partial charge in [-0.1, -0.05) is 82.7 Å². The lowest BCUT2D eigenvalue weighted by Gasteiger charge is -2.14. The minimum Gasteiger partial charge on any atom is -0.0876 e. The third-order valence-electron chi connectivity index (χ3n) is 4.28. The average Bonchev–Trinajstić information content (AvgIpc) is 3.02. The maximum atomic E-state index is 3.69. The van der Waals surface area contributed by atoms with Gasteiger partial charge in [0.2, 0.25) is 0 Å². The molecule has 1 aliphatic rings. The number of halogens is 1. The number of alkyl halides is 1. The third-order valence-corrected chi connectivity index (χ3v) is 4.84. The number of fused-ring (bicyclic) bond motifs is 2. The Morgan fingerprint density at radius 3 is 2.62 bits per heavy atom. The molecule has 0 aromatic heterocycles. The van der Waals surface area contributed by atoms with Gasteiger partial charge in [0, 0.05) is 5.33 Å². The van der Waals surface area contributed by atoms with Gasteiger partial charge in [-0.2, -0.15) is 0 Å². The molecule has 0 spiro atoms. The summed E-state index contributed by atoms with van der Waals surface area (Å²) in [6, 6.07) is 19.7. The van der Waals surface area contributed by atoms with Crippen LogP contribution in [0.1, 0.15) is 16.7 Å². The standard InChI is InChI=1S/C20H15Br/c21-13-20-17-9-3-7-15(17)11-12-19(20)18-10-4-6-14-5-1-2-8-16(14)18/h1-6,8-12H,7,13H2. The quantitative estimate of drug-likeness (QED) is 0.506. The molecular weight excluding hydrogens is 320 g/mol. The van der Waals surface area contributed by atoms with E-state index in [-0.39, 0.29) is 0 Å². The minimum atomic E-state index is 0.888. The Labute approximate surface area is 133 Å². The van der Waals surface area contributed by atoms with Crippen LogP contribution in [0.4, 0.5) is 0 Å². The minimum absolute atomic E-state index is 0.888. The molecule has 0 radical (unpaired) electrons. The van der Waals surface area contributed by atoms with Crippen molar-refractivity contribution in [1.29, 1.82) is 0 Å². The summed E-state index contributed by atoms with van der Waals surface area (Å²) < 4.78 is 0. The van der Waals surface area contributed by atoms with E-state index in [1.807, 2.05) is 0 Å². The van der Waals surface area contributed by atoms with Crippen molar-refractivity contribution in [3.63, 3.8) is 0 Å². The molecule has 0 bridgehead atoms. The first-order valence-corrected chi connectivity index (χ1v) is 8.36. The predicted molar refractivity (Wildman–Crippen MR) is 94.8 cm³/mol. The second-order valence-corrected chi connectivity index (χ2v) is 5.99. The van der Waals surface area contributed by atoms with Crippen LogP contribution in [0.15, 0.2) is 60.7 Å². The molecule has 0 heterocycles. The Morgan fingerprint density at radius 2 is 1.71 bits per heavy atom. The third kappa shape index (κ3) is 2.04. The predicted octanol–water partition coefficient (Wildman–Crippen LogP) is 5.97. The second-order valence-electron chi connectivity index (χ2n) is 5.43. The van der Waals surface area contributed by atoms with Crippen molar-refractivity contribution >= 4 is 32.8 Å². The van der Waals surface area contributed by atoms with Gasteiger partial charge in [-0.3, -0.25) is 0 Å². The van der Waals surface area contributed by atoms with Gasteiger partial charge in [-0.25, -0.2) is 0 Å². The van der Waals surface area contributed by atoms with Crippen LogP contribution < -0.4 is 0 Å². The Bertz CT molecular complexity index is 854. The zero-order chi connectivity index (χ0) is 14.2. The van der Waals surface area contributed by atoms with E-state index in [9.17, 15) is 0 Å². The molecule has 3 aromatic carbocycles. The zero-order valence-electron chi connectivity index (χ0n) is 11.6. The highest BCUT2D eigenvalue weighted by atomic mass is 79.9. The molecule has 0 saturated heterocycles. The summed E-state index contributed by atoms with van der Waals surface area (Å²) in [5, 5.41) is 3.51. The molecule has 0 saturated carbocycles. The fourth-order valence-corrected chi connectivity index (χ4v) is 3.86. The Hall–Kier alpha value is -1.86. The van der Waals surface area contributed by atoms with Crippen LogP contribution in [-0.4, -0.2) is 0 Å². The number of hydrogen-bond acceptors (Lipinski definition) is 0. The van der Waals surface area contributed by atoms with E-state index in [4.69, 9.17) is 0 Å². The van der Waals surface area contributed by atoms with Crippen LogP contribution >= 0.6 is 15.9 Å². The Balaban J connectivity index is 2.04. The molecule has 0 amide bonds. The molecule has 0 nitrogen and oxygen atoms in total. The van der Waals surface area contributed by atoms with E-state index in [1.54, 1.807) is 0 Å². The van der Waals surface area contributed by atoms with Gasteiger partial charge in [0.1, 0.15) is 0 Å². The van der Waals surface area contributed by atoms with Gasteiger partial charge in [0.25, 0.3) is 0 Å². The van der Waals surface area contributed by atoms with E-state index >= 15 is 0 Å². The van der Waals surface area contributed by atoms with Gasteiger partial charge in [0.15, 0.2) is 0 Å². The van der Waals surface area contributed by atoms with E-state index in [0.29, 0.717) is 0 Å². The number of rotatable bonds is 2. The molecule has 21 heavy (non-hydrogen) atoms. The summed E-state index contributed by atoms with van der Waals surface area (Å²) >= 11 is 3.69. The van der Waals surface area contributed by atoms with Gasteiger partial charge < -0.3 is 0 Å². The largest absolute Gasteiger partial charge is 0.0876 e. The molecule has 0 fully saturated rings. The van der Waals surface area contributed by atoms with Crippen molar-refractivity contribution in [2.45, 2.75) is 11.8 Å². The summed E-state index contributed by atoms with van der Waals surface area (Å²) in [6.07, 6.45) is 5.58. The van der Waals surface area contributed by atoms with E-state index in [1.165, 1.54) is 38.6 Å². The lowest BCUT2D eigenvalue weighted by Crippen LogP contribution is -1.94. The van der Waals surface area contributed by atoms with Gasteiger partial charge in [-0.05, 0) is 45.0 Å². The van der Waals surface area contributed by atoms with E-state index in [0.717, 1.165) is 11.8 Å². The molecule has 4 rings (SSSR count). The molecule has 102 valence electrons. The zero-order valence-corrected chi connectivity index (χ0v) is 13.2. The SMILES string of the molecule is BrCc1c(-c2cccc3ccccc23)ccc2c1C=CC2. The highest BCUT2D eigenvalue weighted by Gasteiger charge is 2.15. The fourth-order valence-electron chi connectivity index (χ4n) is 3.26. The molecule has 3 aromatic rings. The maximum absolute atomic E-state index is 3.69. The van der Waals surface area contributed by atoms with Crippen LogP contribution in [0.25, 0.3) is 28.0 Å².